The van der Waals surface area contributed by atoms with Crippen molar-refractivity contribution in [1.29, 1.82) is 0 Å². The van der Waals surface area contributed by atoms with Gasteiger partial charge in [-0.25, -0.2) is 13.2 Å². The molecule has 9 heteroatoms. The molecule has 1 aromatic rings. The van der Waals surface area contributed by atoms with Gasteiger partial charge in [-0.1, -0.05) is 0 Å². The Morgan fingerprint density at radius 2 is 2.10 bits per heavy atom. The molecule has 0 atom stereocenters. The van der Waals surface area contributed by atoms with Gasteiger partial charge in [0.25, 0.3) is 0 Å². The van der Waals surface area contributed by atoms with Crippen molar-refractivity contribution in [3.05, 3.63) is 4.88 Å². The van der Waals surface area contributed by atoms with Crippen LogP contribution in [0.2, 0.25) is 0 Å². The molecule has 0 aliphatic heterocycles. The van der Waals surface area contributed by atoms with Gasteiger partial charge in [0.05, 0.1) is 12.8 Å². The number of nitrogen functional groups attached to an aromatic ring is 1. The quantitative estimate of drug-likeness (QED) is 0.545. The van der Waals surface area contributed by atoms with Crippen LogP contribution in [0.1, 0.15) is 23.0 Å². The third-order valence-corrected chi connectivity index (χ3v) is 5.03. The number of sulfone groups is 1. The fourth-order valence-electron chi connectivity index (χ4n) is 1.68. The average molecular weight is 336 g/mol. The first kappa shape index (κ1) is 17.7. The van der Waals surface area contributed by atoms with Crippen molar-refractivity contribution in [3.63, 3.8) is 0 Å². The van der Waals surface area contributed by atoms with Crippen molar-refractivity contribution >= 4 is 37.8 Å². The molecule has 0 fully saturated rings. The van der Waals surface area contributed by atoms with Gasteiger partial charge in [0, 0.05) is 26.0 Å². The number of rotatable bonds is 8. The second-order valence-electron chi connectivity index (χ2n) is 4.24. The molecular formula is C12H20N2O5S2. The number of nitrogens with one attached hydrogen (secondary N) is 1. The third-order valence-electron chi connectivity index (χ3n) is 2.60. The summed E-state index contributed by atoms with van der Waals surface area (Å²) < 4.78 is 33.5. The Balaban J connectivity index is 2.99. The molecule has 0 bridgehead atoms. The van der Waals surface area contributed by atoms with E-state index in [1.807, 2.05) is 6.92 Å². The Labute approximate surface area is 128 Å². The molecule has 1 heterocycles. The fourth-order valence-corrected chi connectivity index (χ4v) is 4.19. The van der Waals surface area contributed by atoms with E-state index in [9.17, 15) is 13.2 Å². The van der Waals surface area contributed by atoms with Gasteiger partial charge >= 0.3 is 5.97 Å². The number of thiophene rings is 1. The summed E-state index contributed by atoms with van der Waals surface area (Å²) in [5, 5.41) is 3.34. The standard InChI is InChI=1S/C12H20N2O5S2/c1-4-19-7-5-6-14-11-10(21(3,16)17)8(13)9(20-11)12(15)18-2/h14H,4-7,13H2,1-3H3. The summed E-state index contributed by atoms with van der Waals surface area (Å²) in [5.74, 6) is -0.648. The lowest BCUT2D eigenvalue weighted by Crippen LogP contribution is -2.09. The topological polar surface area (TPSA) is 108 Å². The highest BCUT2D eigenvalue weighted by Gasteiger charge is 2.27. The molecule has 120 valence electrons. The maximum atomic E-state index is 11.8. The maximum Gasteiger partial charge on any atom is 0.350 e. The highest BCUT2D eigenvalue weighted by molar-refractivity contribution is 7.91. The van der Waals surface area contributed by atoms with Gasteiger partial charge in [-0.3, -0.25) is 0 Å². The average Bonchev–Trinajstić information content (AvgIpc) is 2.74. The molecule has 0 aromatic carbocycles. The van der Waals surface area contributed by atoms with Crippen LogP contribution in [-0.4, -0.2) is 47.5 Å². The number of carbonyl (C=O) groups excluding carboxylic acids is 1. The maximum absolute atomic E-state index is 11.8. The van der Waals surface area contributed by atoms with Gasteiger partial charge in [-0.15, -0.1) is 11.3 Å². The number of methoxy groups -OCH3 is 1. The molecule has 0 unspecified atom stereocenters. The summed E-state index contributed by atoms with van der Waals surface area (Å²) in [6.45, 7) is 3.62. The molecule has 0 saturated heterocycles. The summed E-state index contributed by atoms with van der Waals surface area (Å²) in [7, 11) is -2.33. The summed E-state index contributed by atoms with van der Waals surface area (Å²) in [6.07, 6.45) is 1.76. The smallest absolute Gasteiger partial charge is 0.350 e. The molecule has 0 aliphatic rings. The molecule has 21 heavy (non-hydrogen) atoms. The summed E-state index contributed by atoms with van der Waals surface area (Å²) in [5.41, 5.74) is 5.72. The largest absolute Gasteiger partial charge is 0.465 e. The van der Waals surface area contributed by atoms with Crippen LogP contribution in [0.15, 0.2) is 4.90 Å². The highest BCUT2D eigenvalue weighted by Crippen LogP contribution is 2.39. The molecule has 1 aromatic heterocycles. The zero-order valence-corrected chi connectivity index (χ0v) is 13.9. The number of hydrogen-bond acceptors (Lipinski definition) is 8. The molecule has 3 N–H and O–H groups in total. The fraction of sp³-hybridized carbons (Fsp3) is 0.583. The minimum atomic E-state index is -3.55. The molecule has 1 rings (SSSR count). The second-order valence-corrected chi connectivity index (χ2v) is 7.22. The van der Waals surface area contributed by atoms with Crippen molar-refractivity contribution in [1.82, 2.24) is 0 Å². The molecule has 7 nitrogen and oxygen atoms in total. The lowest BCUT2D eigenvalue weighted by atomic mass is 10.4. The number of ether oxygens (including phenoxy) is 2. The first-order valence-electron chi connectivity index (χ1n) is 6.35. The van der Waals surface area contributed by atoms with Crippen LogP contribution in [0, 0.1) is 0 Å². The Bertz CT molecular complexity index is 595. The Kier molecular flexibility index (Phi) is 6.43. The predicted octanol–water partition coefficient (Wildman–Crippen LogP) is 1.36. The lowest BCUT2D eigenvalue weighted by molar-refractivity contribution is 0.0607. The van der Waals surface area contributed by atoms with Gasteiger partial charge in [0.15, 0.2) is 9.84 Å². The molecule has 0 saturated carbocycles. The van der Waals surface area contributed by atoms with E-state index in [0.29, 0.717) is 31.2 Å². The summed E-state index contributed by atoms with van der Waals surface area (Å²) in [4.78, 5) is 11.6. The zero-order valence-electron chi connectivity index (χ0n) is 12.3. The van der Waals surface area contributed by atoms with E-state index in [-0.39, 0.29) is 15.5 Å². The molecule has 0 aliphatic carbocycles. The Morgan fingerprint density at radius 3 is 2.62 bits per heavy atom. The van der Waals surface area contributed by atoms with E-state index in [2.05, 4.69) is 10.1 Å². The van der Waals surface area contributed by atoms with Crippen LogP contribution in [0.4, 0.5) is 10.7 Å². The Morgan fingerprint density at radius 1 is 1.43 bits per heavy atom. The van der Waals surface area contributed by atoms with E-state index < -0.39 is 15.8 Å². The van der Waals surface area contributed by atoms with Gasteiger partial charge in [-0.2, -0.15) is 0 Å². The summed E-state index contributed by atoms with van der Waals surface area (Å²) >= 11 is 0.979. The molecule has 0 spiro atoms. The number of anilines is 2. The van der Waals surface area contributed by atoms with E-state index in [4.69, 9.17) is 10.5 Å². The van der Waals surface area contributed by atoms with Gasteiger partial charge in [0.1, 0.15) is 14.8 Å². The van der Waals surface area contributed by atoms with Crippen LogP contribution >= 0.6 is 11.3 Å². The van der Waals surface area contributed by atoms with Crippen molar-refractivity contribution < 1.29 is 22.7 Å². The van der Waals surface area contributed by atoms with Gasteiger partial charge in [-0.05, 0) is 13.3 Å². The van der Waals surface area contributed by atoms with Crippen LogP contribution in [0.25, 0.3) is 0 Å². The van der Waals surface area contributed by atoms with Crippen LogP contribution in [0.5, 0.6) is 0 Å². The number of hydrogen-bond donors (Lipinski definition) is 2. The van der Waals surface area contributed by atoms with Crippen molar-refractivity contribution in [2.24, 2.45) is 0 Å². The highest BCUT2D eigenvalue weighted by atomic mass is 32.2. The minimum Gasteiger partial charge on any atom is -0.465 e. The normalized spacial score (nSPS) is 11.4. The van der Waals surface area contributed by atoms with Crippen molar-refractivity contribution in [2.45, 2.75) is 18.2 Å². The van der Waals surface area contributed by atoms with E-state index >= 15 is 0 Å². The molecule has 0 radical (unpaired) electrons. The lowest BCUT2D eigenvalue weighted by Gasteiger charge is -2.06. The number of esters is 1. The number of nitrogens with two attached hydrogens (primary N) is 1. The van der Waals surface area contributed by atoms with E-state index in [1.54, 1.807) is 0 Å². The number of carbonyl (C=O) groups is 1. The van der Waals surface area contributed by atoms with Crippen molar-refractivity contribution in [3.8, 4) is 0 Å². The van der Waals surface area contributed by atoms with Crippen molar-refractivity contribution in [2.75, 3.05) is 44.2 Å². The zero-order chi connectivity index (χ0) is 16.0. The van der Waals surface area contributed by atoms with Crippen LogP contribution in [-0.2, 0) is 19.3 Å². The molecule has 0 amide bonds. The summed E-state index contributed by atoms with van der Waals surface area (Å²) in [6, 6.07) is 0. The van der Waals surface area contributed by atoms with Gasteiger partial charge in [0.2, 0.25) is 0 Å². The first-order chi connectivity index (χ1) is 9.82. The first-order valence-corrected chi connectivity index (χ1v) is 9.06. The molecular weight excluding hydrogens is 316 g/mol. The monoisotopic (exact) mass is 336 g/mol. The third kappa shape index (κ3) is 4.58. The minimum absolute atomic E-state index is 0.0516. The Hall–Kier alpha value is -1.32. The predicted molar refractivity (Wildman–Crippen MR) is 82.8 cm³/mol. The SMILES string of the molecule is CCOCCCNc1sc(C(=O)OC)c(N)c1S(C)(=O)=O. The van der Waals surface area contributed by atoms with Crippen LogP contribution in [0.3, 0.4) is 0 Å². The second kappa shape index (κ2) is 7.62. The van der Waals surface area contributed by atoms with E-state index in [0.717, 1.165) is 17.6 Å². The van der Waals surface area contributed by atoms with Gasteiger partial charge < -0.3 is 20.5 Å². The van der Waals surface area contributed by atoms with Crippen LogP contribution < -0.4 is 11.1 Å². The van der Waals surface area contributed by atoms with E-state index in [1.165, 1.54) is 7.11 Å².